The monoisotopic (exact) mass is 547 g/mol. The summed E-state index contributed by atoms with van der Waals surface area (Å²) >= 11 is 0. The van der Waals surface area contributed by atoms with E-state index >= 15 is 0 Å². The lowest BCUT2D eigenvalue weighted by Crippen LogP contribution is -2.32. The third-order valence-corrected chi connectivity index (χ3v) is 9.07. The predicted octanol–water partition coefficient (Wildman–Crippen LogP) is 6.74. The standard InChI is InChI=1S/C33H29N3O3S/c1-24-13-19-29(20-14-24)40(37,38)36-31-23-33(25-9-5-3-6-10-25,26-15-17-28(39-2)18-16-26)22-21-30(31)32(35-36)34-27-11-7-4-8-12-27/h3-22H,23H2,1-2H3,(H,34,35). The van der Waals surface area contributed by atoms with Gasteiger partial charge in [-0.3, -0.25) is 0 Å². The van der Waals surface area contributed by atoms with E-state index in [1.165, 1.54) is 4.09 Å². The van der Waals surface area contributed by atoms with E-state index in [4.69, 9.17) is 4.74 Å². The van der Waals surface area contributed by atoms with Gasteiger partial charge in [0, 0.05) is 23.1 Å². The summed E-state index contributed by atoms with van der Waals surface area (Å²) in [5.74, 6) is 1.25. The largest absolute Gasteiger partial charge is 0.497 e. The van der Waals surface area contributed by atoms with Crippen LogP contribution in [0.2, 0.25) is 0 Å². The summed E-state index contributed by atoms with van der Waals surface area (Å²) in [6.45, 7) is 1.93. The van der Waals surface area contributed by atoms with Gasteiger partial charge in [0.15, 0.2) is 5.82 Å². The Hall–Kier alpha value is -4.62. The minimum absolute atomic E-state index is 0.193. The molecule has 6 nitrogen and oxygen atoms in total. The Bertz CT molecular complexity index is 1780. The molecule has 4 aromatic carbocycles. The summed E-state index contributed by atoms with van der Waals surface area (Å²) in [5.41, 5.74) is 4.63. The first-order valence-electron chi connectivity index (χ1n) is 13.1. The Labute approximate surface area is 234 Å². The minimum atomic E-state index is -3.98. The van der Waals surface area contributed by atoms with Gasteiger partial charge in [-0.15, -0.1) is 5.10 Å². The van der Waals surface area contributed by atoms with E-state index in [0.29, 0.717) is 17.9 Å². The van der Waals surface area contributed by atoms with Crippen LogP contribution in [0.5, 0.6) is 5.75 Å². The molecule has 40 heavy (non-hydrogen) atoms. The molecule has 0 aliphatic heterocycles. The van der Waals surface area contributed by atoms with Crippen LogP contribution in [-0.4, -0.2) is 24.7 Å². The molecule has 0 bridgehead atoms. The molecule has 5 aromatic rings. The van der Waals surface area contributed by atoms with Gasteiger partial charge in [0.2, 0.25) is 0 Å². The van der Waals surface area contributed by atoms with Crippen molar-refractivity contribution in [3.05, 3.63) is 143 Å². The zero-order valence-electron chi connectivity index (χ0n) is 22.3. The Balaban J connectivity index is 1.56. The highest BCUT2D eigenvalue weighted by Gasteiger charge is 2.39. The lowest BCUT2D eigenvalue weighted by molar-refractivity contribution is 0.414. The van der Waals surface area contributed by atoms with E-state index in [0.717, 1.165) is 33.7 Å². The maximum absolute atomic E-state index is 14.1. The number of aryl methyl sites for hydroxylation is 1. The van der Waals surface area contributed by atoms with Crippen LogP contribution in [0.25, 0.3) is 6.08 Å². The van der Waals surface area contributed by atoms with Crippen LogP contribution in [0, 0.1) is 6.92 Å². The maximum atomic E-state index is 14.1. The zero-order chi connectivity index (χ0) is 27.7. The fraction of sp³-hybridized carbons (Fsp3) is 0.121. The smallest absolute Gasteiger partial charge is 0.283 e. The molecule has 0 saturated heterocycles. The van der Waals surface area contributed by atoms with Crippen molar-refractivity contribution in [2.24, 2.45) is 0 Å². The van der Waals surface area contributed by atoms with Crippen molar-refractivity contribution in [3.63, 3.8) is 0 Å². The van der Waals surface area contributed by atoms with Crippen LogP contribution >= 0.6 is 0 Å². The molecule has 1 aromatic heterocycles. The van der Waals surface area contributed by atoms with Gasteiger partial charge in [0.05, 0.1) is 17.7 Å². The van der Waals surface area contributed by atoms with Crippen molar-refractivity contribution in [1.82, 2.24) is 9.19 Å². The SMILES string of the molecule is COc1ccc(C2(c3ccccc3)C=Cc3c(Nc4ccccc4)nn(S(=O)(=O)c4ccc(C)cc4)c3C2)cc1. The predicted molar refractivity (Wildman–Crippen MR) is 159 cm³/mol. The van der Waals surface area contributed by atoms with Crippen LogP contribution in [0.1, 0.15) is 27.9 Å². The van der Waals surface area contributed by atoms with Crippen molar-refractivity contribution in [2.45, 2.75) is 23.7 Å². The first kappa shape index (κ1) is 25.6. The van der Waals surface area contributed by atoms with Gasteiger partial charge in [-0.05, 0) is 54.4 Å². The van der Waals surface area contributed by atoms with Crippen LogP contribution < -0.4 is 10.1 Å². The summed E-state index contributed by atoms with van der Waals surface area (Å²) in [5, 5.41) is 8.03. The Morgan fingerprint density at radius 2 is 1.45 bits per heavy atom. The molecule has 1 N–H and O–H groups in total. The lowest BCUT2D eigenvalue weighted by Gasteiger charge is -2.35. The van der Waals surface area contributed by atoms with Gasteiger partial charge >= 0.3 is 0 Å². The van der Waals surface area contributed by atoms with Crippen molar-refractivity contribution >= 4 is 27.6 Å². The number of aromatic nitrogens is 2. The number of nitrogens with one attached hydrogen (secondary N) is 1. The highest BCUT2D eigenvalue weighted by Crippen LogP contribution is 2.44. The molecule has 7 heteroatoms. The lowest BCUT2D eigenvalue weighted by atomic mass is 9.68. The van der Waals surface area contributed by atoms with E-state index in [1.54, 1.807) is 31.4 Å². The number of benzene rings is 4. The van der Waals surface area contributed by atoms with E-state index in [1.807, 2.05) is 85.8 Å². The first-order chi connectivity index (χ1) is 19.4. The number of nitrogens with zero attached hydrogens (tertiary/aromatic N) is 2. The first-order valence-corrected chi connectivity index (χ1v) is 14.5. The molecule has 1 aliphatic carbocycles. The van der Waals surface area contributed by atoms with Crippen molar-refractivity contribution in [3.8, 4) is 5.75 Å². The topological polar surface area (TPSA) is 73.2 Å². The molecule has 6 rings (SSSR count). The average Bonchev–Trinajstić information content (AvgIpc) is 3.36. The van der Waals surface area contributed by atoms with Crippen LogP contribution in [0.4, 0.5) is 11.5 Å². The third-order valence-electron chi connectivity index (χ3n) is 7.45. The molecule has 1 heterocycles. The second-order valence-corrected chi connectivity index (χ2v) is 11.7. The number of hydrogen-bond donors (Lipinski definition) is 1. The summed E-state index contributed by atoms with van der Waals surface area (Å²) in [7, 11) is -2.34. The number of hydrogen-bond acceptors (Lipinski definition) is 5. The second kappa shape index (κ2) is 10.2. The van der Waals surface area contributed by atoms with Gasteiger partial charge in [0.25, 0.3) is 10.0 Å². The van der Waals surface area contributed by atoms with Gasteiger partial charge < -0.3 is 10.1 Å². The van der Waals surface area contributed by atoms with E-state index in [9.17, 15) is 8.42 Å². The molecule has 200 valence electrons. The normalized spacial score (nSPS) is 16.4. The van der Waals surface area contributed by atoms with Crippen molar-refractivity contribution in [1.29, 1.82) is 0 Å². The van der Waals surface area contributed by atoms with Gasteiger partial charge in [-0.25, -0.2) is 0 Å². The number of ether oxygens (including phenoxy) is 1. The molecule has 0 spiro atoms. The second-order valence-electron chi connectivity index (χ2n) is 9.94. The molecule has 0 saturated carbocycles. The molecule has 1 aliphatic rings. The summed E-state index contributed by atoms with van der Waals surface area (Å²) in [6, 6.07) is 34.6. The van der Waals surface area contributed by atoms with Crippen LogP contribution in [-0.2, 0) is 21.9 Å². The van der Waals surface area contributed by atoms with E-state index < -0.39 is 15.4 Å². The third kappa shape index (κ3) is 4.48. The fourth-order valence-corrected chi connectivity index (χ4v) is 6.60. The number of anilines is 2. The maximum Gasteiger partial charge on any atom is 0.283 e. The Kier molecular flexibility index (Phi) is 6.52. The number of allylic oxidation sites excluding steroid dienone is 1. The zero-order valence-corrected chi connectivity index (χ0v) is 23.1. The minimum Gasteiger partial charge on any atom is -0.497 e. The number of para-hydroxylation sites is 1. The highest BCUT2D eigenvalue weighted by molar-refractivity contribution is 7.89. The van der Waals surface area contributed by atoms with Crippen molar-refractivity contribution < 1.29 is 13.2 Å². The molecule has 0 fully saturated rings. The van der Waals surface area contributed by atoms with Crippen LogP contribution in [0.15, 0.2) is 120 Å². The summed E-state index contributed by atoms with van der Waals surface area (Å²) in [4.78, 5) is 0.193. The quantitative estimate of drug-likeness (QED) is 0.244. The van der Waals surface area contributed by atoms with Crippen LogP contribution in [0.3, 0.4) is 0 Å². The van der Waals surface area contributed by atoms with Gasteiger partial charge in [-0.1, -0.05) is 90.5 Å². The highest BCUT2D eigenvalue weighted by atomic mass is 32.2. The number of rotatable bonds is 7. The van der Waals surface area contributed by atoms with Gasteiger partial charge in [-0.2, -0.15) is 12.5 Å². The molecule has 0 amide bonds. The number of fused-ring (bicyclic) bond motifs is 1. The molecule has 1 atom stereocenters. The fourth-order valence-electron chi connectivity index (χ4n) is 5.28. The summed E-state index contributed by atoms with van der Waals surface area (Å²) in [6.07, 6.45) is 4.55. The average molecular weight is 548 g/mol. The van der Waals surface area contributed by atoms with E-state index in [2.05, 4.69) is 28.6 Å². The Morgan fingerprint density at radius 1 is 0.825 bits per heavy atom. The summed E-state index contributed by atoms with van der Waals surface area (Å²) < 4.78 is 34.8. The van der Waals surface area contributed by atoms with E-state index in [-0.39, 0.29) is 4.90 Å². The van der Waals surface area contributed by atoms with Gasteiger partial charge in [0.1, 0.15) is 5.75 Å². The molecular weight excluding hydrogens is 518 g/mol. The molecule has 1 unspecified atom stereocenters. The Morgan fingerprint density at radius 3 is 2.10 bits per heavy atom. The molecular formula is C33H29N3O3S. The number of methoxy groups -OCH3 is 1. The molecule has 0 radical (unpaired) electrons. The van der Waals surface area contributed by atoms with Crippen molar-refractivity contribution in [2.75, 3.05) is 12.4 Å².